The van der Waals surface area contributed by atoms with Crippen LogP contribution in [0, 0.1) is 0 Å². The maximum atomic E-state index is 11.8. The Kier molecular flexibility index (Phi) is 5.11. The number of nitrogens with one attached hydrogen (secondary N) is 1. The number of hydroxylamine groups is 2. The Bertz CT molecular complexity index is 368. The molecular weight excluding hydrogens is 365 g/mol. The molecule has 2 fully saturated rings. The summed E-state index contributed by atoms with van der Waals surface area (Å²) in [6, 6.07) is 0. The minimum absolute atomic E-state index is 0.121. The summed E-state index contributed by atoms with van der Waals surface area (Å²) in [6.45, 7) is 4.14. The van der Waals surface area contributed by atoms with Gasteiger partial charge < -0.3 is 10.2 Å². The van der Waals surface area contributed by atoms with Crippen molar-refractivity contribution in [3.63, 3.8) is 0 Å². The molecule has 0 bridgehead atoms. The van der Waals surface area contributed by atoms with Crippen LogP contribution in [0.25, 0.3) is 0 Å². The third kappa shape index (κ3) is 3.86. The monoisotopic (exact) mass is 381 g/mol. The van der Waals surface area contributed by atoms with Crippen LogP contribution < -0.4 is 5.32 Å². The highest BCUT2D eigenvalue weighted by molar-refractivity contribution is 14.1. The summed E-state index contributed by atoms with van der Waals surface area (Å²) in [7, 11) is 0. The number of hydrogen-bond donors (Lipinski definition) is 1. The number of hydrogen-bond acceptors (Lipinski definition) is 6. The zero-order chi connectivity index (χ0) is 13.8. The van der Waals surface area contributed by atoms with Crippen molar-refractivity contribution in [1.82, 2.24) is 15.3 Å². The molecule has 2 amide bonds. The van der Waals surface area contributed by atoms with Gasteiger partial charge in [0.15, 0.2) is 0 Å². The first-order valence-electron chi connectivity index (χ1n) is 6.22. The number of carbonyl (C=O) groups excluding carboxylic acids is 3. The molecule has 7 nitrogen and oxygen atoms in total. The van der Waals surface area contributed by atoms with Crippen LogP contribution in [0.1, 0.15) is 12.8 Å². The molecule has 1 N–H and O–H groups in total. The van der Waals surface area contributed by atoms with Gasteiger partial charge in [0.1, 0.15) is 3.92 Å². The fraction of sp³-hybridized carbons (Fsp3) is 0.727. The summed E-state index contributed by atoms with van der Waals surface area (Å²) >= 11 is 1.98. The molecule has 19 heavy (non-hydrogen) atoms. The number of rotatable bonds is 4. The van der Waals surface area contributed by atoms with Gasteiger partial charge in [-0.05, 0) is 0 Å². The van der Waals surface area contributed by atoms with Gasteiger partial charge in [-0.3, -0.25) is 14.5 Å². The lowest BCUT2D eigenvalue weighted by Gasteiger charge is -2.28. The molecule has 1 atom stereocenters. The zero-order valence-corrected chi connectivity index (χ0v) is 12.6. The molecule has 0 saturated carbocycles. The van der Waals surface area contributed by atoms with Gasteiger partial charge in [-0.2, -0.15) is 0 Å². The molecule has 2 aliphatic heterocycles. The lowest BCUT2D eigenvalue weighted by atomic mass is 10.3. The Morgan fingerprint density at radius 3 is 2.42 bits per heavy atom. The third-order valence-corrected chi connectivity index (χ3v) is 3.97. The standard InChI is InChI=1S/C11H16IN3O4/c12-8(7-14-5-3-13-4-6-14)11(18)19-15-9(16)1-2-10(15)17/h8,13H,1-7H2. The summed E-state index contributed by atoms with van der Waals surface area (Å²) in [5.41, 5.74) is 0. The maximum absolute atomic E-state index is 11.8. The smallest absolute Gasteiger partial charge is 0.329 e. The lowest BCUT2D eigenvalue weighted by Crippen LogP contribution is -2.47. The number of nitrogens with zero attached hydrogens (tertiary/aromatic N) is 2. The normalized spacial score (nSPS) is 22.7. The summed E-state index contributed by atoms with van der Waals surface area (Å²) in [4.78, 5) is 41.6. The quantitative estimate of drug-likeness (QED) is 0.394. The Hall–Kier alpha value is -0.740. The fourth-order valence-electron chi connectivity index (χ4n) is 2.00. The topological polar surface area (TPSA) is 79.0 Å². The summed E-state index contributed by atoms with van der Waals surface area (Å²) in [5, 5.41) is 3.83. The van der Waals surface area contributed by atoms with Crippen LogP contribution in [0.2, 0.25) is 0 Å². The van der Waals surface area contributed by atoms with E-state index in [-0.39, 0.29) is 12.8 Å². The zero-order valence-electron chi connectivity index (χ0n) is 10.4. The lowest BCUT2D eigenvalue weighted by molar-refractivity contribution is -0.196. The number of imide groups is 1. The highest BCUT2D eigenvalue weighted by atomic mass is 127. The van der Waals surface area contributed by atoms with E-state index >= 15 is 0 Å². The maximum Gasteiger partial charge on any atom is 0.347 e. The van der Waals surface area contributed by atoms with Crippen LogP contribution in [0.15, 0.2) is 0 Å². The molecule has 0 aliphatic carbocycles. The van der Waals surface area contributed by atoms with Gasteiger partial charge in [0.2, 0.25) is 0 Å². The molecule has 0 radical (unpaired) electrons. The predicted octanol–water partition coefficient (Wildman–Crippen LogP) is -0.698. The van der Waals surface area contributed by atoms with Crippen molar-refractivity contribution in [2.75, 3.05) is 32.7 Å². The Labute approximate surface area is 124 Å². The van der Waals surface area contributed by atoms with Crippen LogP contribution in [-0.4, -0.2) is 64.4 Å². The molecule has 2 rings (SSSR count). The number of alkyl halides is 1. The van der Waals surface area contributed by atoms with Crippen molar-refractivity contribution in [2.24, 2.45) is 0 Å². The SMILES string of the molecule is O=C(ON1C(=O)CCC1=O)C(I)CN1CCNCC1. The molecule has 1 unspecified atom stereocenters. The second kappa shape index (κ2) is 6.62. The summed E-state index contributed by atoms with van der Waals surface area (Å²) in [5.74, 6) is -1.42. The van der Waals surface area contributed by atoms with Gasteiger partial charge in [-0.1, -0.05) is 22.6 Å². The van der Waals surface area contributed by atoms with Crippen molar-refractivity contribution in [1.29, 1.82) is 0 Å². The summed E-state index contributed by atoms with van der Waals surface area (Å²) < 4.78 is -0.392. The van der Waals surface area contributed by atoms with Gasteiger partial charge in [0.25, 0.3) is 11.8 Å². The molecule has 8 heteroatoms. The van der Waals surface area contributed by atoms with Crippen molar-refractivity contribution >= 4 is 40.4 Å². The van der Waals surface area contributed by atoms with E-state index in [0.29, 0.717) is 11.6 Å². The van der Waals surface area contributed by atoms with Crippen LogP contribution in [0.5, 0.6) is 0 Å². The van der Waals surface area contributed by atoms with E-state index in [1.807, 2.05) is 22.6 Å². The molecule has 2 heterocycles. The molecule has 0 aromatic carbocycles. The first-order valence-corrected chi connectivity index (χ1v) is 7.47. The highest BCUT2D eigenvalue weighted by Crippen LogP contribution is 2.15. The number of amides is 2. The van der Waals surface area contributed by atoms with Crippen LogP contribution >= 0.6 is 22.6 Å². The minimum Gasteiger partial charge on any atom is -0.329 e. The van der Waals surface area contributed by atoms with Gasteiger partial charge in [0, 0.05) is 45.6 Å². The highest BCUT2D eigenvalue weighted by Gasteiger charge is 2.34. The number of carbonyl (C=O) groups is 3. The Balaban J connectivity index is 1.81. The molecule has 0 spiro atoms. The first-order chi connectivity index (χ1) is 9.08. The molecule has 2 saturated heterocycles. The number of halogens is 1. The molecule has 106 valence electrons. The molecule has 0 aromatic rings. The number of piperazine rings is 1. The van der Waals surface area contributed by atoms with Crippen LogP contribution in [0.4, 0.5) is 0 Å². The Morgan fingerprint density at radius 1 is 1.26 bits per heavy atom. The molecular formula is C11H16IN3O4. The van der Waals surface area contributed by atoms with Crippen molar-refractivity contribution < 1.29 is 19.2 Å². The van der Waals surface area contributed by atoms with Crippen LogP contribution in [0.3, 0.4) is 0 Å². The van der Waals surface area contributed by atoms with Crippen LogP contribution in [-0.2, 0) is 19.2 Å². The average Bonchev–Trinajstić information content (AvgIpc) is 2.71. The van der Waals surface area contributed by atoms with E-state index in [9.17, 15) is 14.4 Å². The first kappa shape index (κ1) is 14.7. The van der Waals surface area contributed by atoms with Gasteiger partial charge in [-0.15, -0.1) is 5.06 Å². The average molecular weight is 381 g/mol. The van der Waals surface area contributed by atoms with E-state index in [4.69, 9.17) is 4.84 Å². The second-order valence-corrected chi connectivity index (χ2v) is 6.01. The van der Waals surface area contributed by atoms with Gasteiger partial charge in [0.05, 0.1) is 0 Å². The fourth-order valence-corrected chi connectivity index (χ4v) is 2.67. The van der Waals surface area contributed by atoms with E-state index in [1.165, 1.54) is 0 Å². The Morgan fingerprint density at radius 2 is 1.84 bits per heavy atom. The van der Waals surface area contributed by atoms with Gasteiger partial charge >= 0.3 is 5.97 Å². The second-order valence-electron chi connectivity index (χ2n) is 4.51. The van der Waals surface area contributed by atoms with E-state index in [1.54, 1.807) is 0 Å². The predicted molar refractivity (Wildman–Crippen MR) is 74.3 cm³/mol. The van der Waals surface area contributed by atoms with Crippen molar-refractivity contribution in [2.45, 2.75) is 16.8 Å². The third-order valence-electron chi connectivity index (χ3n) is 3.07. The summed E-state index contributed by atoms with van der Waals surface area (Å²) in [6.07, 6.45) is 0.242. The van der Waals surface area contributed by atoms with E-state index < -0.39 is 21.7 Å². The van der Waals surface area contributed by atoms with Crippen molar-refractivity contribution in [3.05, 3.63) is 0 Å². The largest absolute Gasteiger partial charge is 0.347 e. The van der Waals surface area contributed by atoms with Crippen molar-refractivity contribution in [3.8, 4) is 0 Å². The van der Waals surface area contributed by atoms with E-state index in [2.05, 4.69) is 10.2 Å². The minimum atomic E-state index is -0.539. The molecule has 2 aliphatic rings. The van der Waals surface area contributed by atoms with Gasteiger partial charge in [-0.25, -0.2) is 4.79 Å². The molecule has 0 aromatic heterocycles. The van der Waals surface area contributed by atoms with E-state index in [0.717, 1.165) is 26.2 Å².